The van der Waals surface area contributed by atoms with Gasteiger partial charge in [0.25, 0.3) is 0 Å². The zero-order valence-electron chi connectivity index (χ0n) is 11.4. The lowest BCUT2D eigenvalue weighted by Crippen LogP contribution is -2.13. The molecule has 0 fully saturated rings. The van der Waals surface area contributed by atoms with E-state index < -0.39 is 36.0 Å². The van der Waals surface area contributed by atoms with Crippen molar-refractivity contribution in [2.24, 2.45) is 0 Å². The summed E-state index contributed by atoms with van der Waals surface area (Å²) < 4.78 is 0. The van der Waals surface area contributed by atoms with Crippen LogP contribution in [0.4, 0.5) is 0 Å². The van der Waals surface area contributed by atoms with Crippen molar-refractivity contribution >= 4 is 29.8 Å². The van der Waals surface area contributed by atoms with Gasteiger partial charge in [-0.2, -0.15) is 0 Å². The molecule has 0 aromatic rings. The van der Waals surface area contributed by atoms with Gasteiger partial charge in [0.15, 0.2) is 0 Å². The molecule has 0 bridgehead atoms. The molecule has 0 saturated carbocycles. The van der Waals surface area contributed by atoms with E-state index in [1.165, 1.54) is 6.92 Å². The first-order valence-electron chi connectivity index (χ1n) is 5.38. The second kappa shape index (κ2) is 14.5. The minimum atomic E-state index is -1.26. The lowest BCUT2D eigenvalue weighted by Gasteiger charge is -1.89. The van der Waals surface area contributed by atoms with Gasteiger partial charge in [0.1, 0.15) is 6.10 Å². The molecule has 0 aromatic carbocycles. The van der Waals surface area contributed by atoms with Gasteiger partial charge in [0.05, 0.1) is 12.8 Å². The molecular formula is C11H16O11. The molecule has 126 valence electrons. The molecule has 0 aliphatic rings. The van der Waals surface area contributed by atoms with Crippen molar-refractivity contribution in [2.75, 3.05) is 0 Å². The summed E-state index contributed by atoms with van der Waals surface area (Å²) in [5, 5.41) is 47.2. The zero-order chi connectivity index (χ0) is 18.3. The zero-order valence-corrected chi connectivity index (χ0v) is 11.4. The van der Waals surface area contributed by atoms with Gasteiger partial charge in [-0.3, -0.25) is 9.59 Å². The Hall–Kier alpha value is -2.95. The number of aliphatic hydroxyl groups is 1. The number of hydrogen-bond acceptors (Lipinski definition) is 6. The normalized spacial score (nSPS) is 10.3. The highest BCUT2D eigenvalue weighted by Gasteiger charge is 2.01. The molecule has 0 aromatic heterocycles. The molecule has 0 spiro atoms. The number of carboxylic acids is 5. The summed E-state index contributed by atoms with van der Waals surface area (Å²) in [7, 11) is 0. The predicted molar refractivity (Wildman–Crippen MR) is 68.2 cm³/mol. The third-order valence-electron chi connectivity index (χ3n) is 1.28. The molecule has 0 radical (unpaired) electrons. The van der Waals surface area contributed by atoms with Gasteiger partial charge in [0, 0.05) is 12.2 Å². The Labute approximate surface area is 123 Å². The van der Waals surface area contributed by atoms with Crippen LogP contribution in [0.25, 0.3) is 0 Å². The molecule has 0 amide bonds. The molecule has 6 N–H and O–H groups in total. The van der Waals surface area contributed by atoms with Gasteiger partial charge in [-0.15, -0.1) is 0 Å². The Morgan fingerprint density at radius 2 is 1.00 bits per heavy atom. The first-order valence-corrected chi connectivity index (χ1v) is 5.38. The van der Waals surface area contributed by atoms with Gasteiger partial charge in [-0.05, 0) is 6.92 Å². The minimum absolute atomic E-state index is 0.296. The van der Waals surface area contributed by atoms with Gasteiger partial charge < -0.3 is 30.6 Å². The number of carbonyl (C=O) groups is 5. The molecule has 11 nitrogen and oxygen atoms in total. The van der Waals surface area contributed by atoms with E-state index in [9.17, 15) is 24.0 Å². The third kappa shape index (κ3) is 36.0. The Kier molecular flexibility index (Phi) is 15.8. The van der Waals surface area contributed by atoms with Crippen LogP contribution in [0.2, 0.25) is 0 Å². The SMILES string of the molecule is CC(O)C(=O)O.O=C(O)/C=C/C(=O)O.O=C(O)CCC(=O)O. The van der Waals surface area contributed by atoms with Crippen molar-refractivity contribution in [3.05, 3.63) is 12.2 Å². The summed E-state index contributed by atoms with van der Waals surface area (Å²) in [5.41, 5.74) is 0. The lowest BCUT2D eigenvalue weighted by atomic mass is 10.3. The van der Waals surface area contributed by atoms with E-state index in [0.717, 1.165) is 0 Å². The Bertz CT molecular complexity index is 392. The van der Waals surface area contributed by atoms with Crippen molar-refractivity contribution < 1.29 is 54.6 Å². The fourth-order valence-corrected chi connectivity index (χ4v) is 0.356. The van der Waals surface area contributed by atoms with Crippen LogP contribution in [0.15, 0.2) is 12.2 Å². The number of rotatable bonds is 6. The molecule has 0 saturated heterocycles. The minimum Gasteiger partial charge on any atom is -0.481 e. The largest absolute Gasteiger partial charge is 0.481 e. The highest BCUT2D eigenvalue weighted by Crippen LogP contribution is 1.86. The Morgan fingerprint density at radius 1 is 0.773 bits per heavy atom. The Morgan fingerprint density at radius 3 is 1.09 bits per heavy atom. The number of aliphatic hydroxyl groups excluding tert-OH is 1. The van der Waals surface area contributed by atoms with E-state index in [0.29, 0.717) is 12.2 Å². The first-order chi connectivity index (χ1) is 9.89. The molecule has 0 heterocycles. The summed E-state index contributed by atoms with van der Waals surface area (Å²) in [6.45, 7) is 1.20. The monoisotopic (exact) mass is 324 g/mol. The highest BCUT2D eigenvalue weighted by atomic mass is 16.4. The van der Waals surface area contributed by atoms with Crippen LogP contribution in [0.3, 0.4) is 0 Å². The van der Waals surface area contributed by atoms with Crippen LogP contribution in [-0.4, -0.2) is 66.6 Å². The van der Waals surface area contributed by atoms with Crippen LogP contribution in [-0.2, 0) is 24.0 Å². The number of aliphatic carboxylic acids is 5. The summed E-state index contributed by atoms with van der Waals surface area (Å²) >= 11 is 0. The molecule has 1 atom stereocenters. The standard InChI is InChI=1S/C4H6O4.C4H4O4.C3H6O3/c2*5-3(6)1-2-4(7)8;1-2(4)3(5)6/h1-2H2,(H,5,6)(H,7,8);1-2H,(H,5,6)(H,7,8);2,4H,1H3,(H,5,6)/b;2-1+;. The average Bonchev–Trinajstić information content (AvgIpc) is 2.35. The molecular weight excluding hydrogens is 308 g/mol. The molecule has 1 unspecified atom stereocenters. The van der Waals surface area contributed by atoms with E-state index in [1.54, 1.807) is 0 Å². The molecule has 0 aliphatic carbocycles. The maximum absolute atomic E-state index is 9.64. The van der Waals surface area contributed by atoms with Crippen LogP contribution >= 0.6 is 0 Å². The van der Waals surface area contributed by atoms with Crippen molar-refractivity contribution in [2.45, 2.75) is 25.9 Å². The Balaban J connectivity index is -0.000000249. The average molecular weight is 324 g/mol. The second-order valence-electron chi connectivity index (χ2n) is 3.31. The quantitative estimate of drug-likeness (QED) is 0.330. The summed E-state index contributed by atoms with van der Waals surface area (Å²) in [5.74, 6) is -5.85. The fraction of sp³-hybridized carbons (Fsp3) is 0.364. The van der Waals surface area contributed by atoms with Gasteiger partial charge in [-0.25, -0.2) is 14.4 Å². The summed E-state index contributed by atoms with van der Waals surface area (Å²) in [4.78, 5) is 47.8. The smallest absolute Gasteiger partial charge is 0.332 e. The van der Waals surface area contributed by atoms with E-state index in [1.807, 2.05) is 0 Å². The number of carboxylic acid groups (broad SMARTS) is 5. The second-order valence-corrected chi connectivity index (χ2v) is 3.31. The first kappa shape index (κ1) is 24.1. The van der Waals surface area contributed by atoms with Crippen molar-refractivity contribution in [3.8, 4) is 0 Å². The van der Waals surface area contributed by atoms with Gasteiger partial charge in [0.2, 0.25) is 0 Å². The lowest BCUT2D eigenvalue weighted by molar-refractivity contribution is -0.145. The topological polar surface area (TPSA) is 207 Å². The van der Waals surface area contributed by atoms with Crippen molar-refractivity contribution in [1.29, 1.82) is 0 Å². The maximum Gasteiger partial charge on any atom is 0.332 e. The maximum atomic E-state index is 9.64. The van der Waals surface area contributed by atoms with Crippen LogP contribution in [0.5, 0.6) is 0 Å². The van der Waals surface area contributed by atoms with E-state index in [2.05, 4.69) is 0 Å². The predicted octanol–water partition coefficient (Wildman–Crippen LogP) is -0.901. The van der Waals surface area contributed by atoms with Gasteiger partial charge in [-0.1, -0.05) is 0 Å². The summed E-state index contributed by atoms with van der Waals surface area (Å²) in [6, 6.07) is 0. The number of hydrogen-bond donors (Lipinski definition) is 6. The van der Waals surface area contributed by atoms with E-state index in [-0.39, 0.29) is 12.8 Å². The van der Waals surface area contributed by atoms with Crippen molar-refractivity contribution in [3.63, 3.8) is 0 Å². The third-order valence-corrected chi connectivity index (χ3v) is 1.28. The van der Waals surface area contributed by atoms with Crippen molar-refractivity contribution in [1.82, 2.24) is 0 Å². The molecule has 0 aliphatic heterocycles. The van der Waals surface area contributed by atoms with E-state index >= 15 is 0 Å². The van der Waals surface area contributed by atoms with E-state index in [4.69, 9.17) is 30.6 Å². The molecule has 22 heavy (non-hydrogen) atoms. The van der Waals surface area contributed by atoms with Gasteiger partial charge >= 0.3 is 29.8 Å². The molecule has 11 heteroatoms. The molecule has 0 rings (SSSR count). The fourth-order valence-electron chi connectivity index (χ4n) is 0.356. The highest BCUT2D eigenvalue weighted by molar-refractivity contribution is 5.89. The summed E-state index contributed by atoms with van der Waals surface area (Å²) in [6.07, 6.45) is -0.708. The van der Waals surface area contributed by atoms with Crippen LogP contribution in [0, 0.1) is 0 Å². The van der Waals surface area contributed by atoms with Crippen LogP contribution in [0.1, 0.15) is 19.8 Å². The van der Waals surface area contributed by atoms with Crippen LogP contribution < -0.4 is 0 Å².